The predicted molar refractivity (Wildman–Crippen MR) is 54.4 cm³/mol. The number of piperidine rings is 1. The maximum absolute atomic E-state index is 11.6. The van der Waals surface area contributed by atoms with Gasteiger partial charge in [0.15, 0.2) is 0 Å². The zero-order valence-corrected chi connectivity index (χ0v) is 8.68. The fourth-order valence-corrected chi connectivity index (χ4v) is 1.64. The Morgan fingerprint density at radius 1 is 1.62 bits per heavy atom. The molecule has 1 aliphatic rings. The summed E-state index contributed by atoms with van der Waals surface area (Å²) in [6.07, 6.45) is 2.85. The van der Waals surface area contributed by atoms with E-state index in [1.807, 2.05) is 4.90 Å². The van der Waals surface area contributed by atoms with Gasteiger partial charge in [0.1, 0.15) is 0 Å². The molecule has 0 unspecified atom stereocenters. The summed E-state index contributed by atoms with van der Waals surface area (Å²) in [5, 5.41) is 0. The highest BCUT2D eigenvalue weighted by atomic mass is 16.2. The molecule has 0 aromatic carbocycles. The van der Waals surface area contributed by atoms with E-state index in [2.05, 4.69) is 20.4 Å². The van der Waals surface area contributed by atoms with Crippen molar-refractivity contribution in [2.75, 3.05) is 13.1 Å². The maximum Gasteiger partial charge on any atom is 0.223 e. The number of hydrogen-bond donors (Lipinski definition) is 0. The zero-order valence-electron chi connectivity index (χ0n) is 8.68. The fourth-order valence-electron chi connectivity index (χ4n) is 1.64. The van der Waals surface area contributed by atoms with Crippen molar-refractivity contribution in [1.82, 2.24) is 4.90 Å². The van der Waals surface area contributed by atoms with Gasteiger partial charge in [-0.15, -0.1) is 0 Å². The van der Waals surface area contributed by atoms with Gasteiger partial charge in [-0.1, -0.05) is 26.0 Å². The van der Waals surface area contributed by atoms with Crippen LogP contribution in [0.4, 0.5) is 0 Å². The van der Waals surface area contributed by atoms with Crippen LogP contribution in [0, 0.1) is 5.92 Å². The summed E-state index contributed by atoms with van der Waals surface area (Å²) in [4.78, 5) is 13.6. The van der Waals surface area contributed by atoms with Crippen LogP contribution in [-0.2, 0) is 4.79 Å². The van der Waals surface area contributed by atoms with E-state index in [0.717, 1.165) is 25.9 Å². The second-order valence-corrected chi connectivity index (χ2v) is 4.27. The molecule has 1 saturated heterocycles. The topological polar surface area (TPSA) is 20.3 Å². The van der Waals surface area contributed by atoms with Crippen LogP contribution < -0.4 is 0 Å². The van der Waals surface area contributed by atoms with E-state index in [0.29, 0.717) is 12.3 Å². The number of rotatable bonds is 2. The third-order valence-corrected chi connectivity index (χ3v) is 2.31. The third-order valence-electron chi connectivity index (χ3n) is 2.31. The first-order valence-electron chi connectivity index (χ1n) is 5.04. The van der Waals surface area contributed by atoms with Crippen LogP contribution in [0.1, 0.15) is 33.1 Å². The van der Waals surface area contributed by atoms with E-state index in [1.54, 1.807) is 0 Å². The number of hydrogen-bond acceptors (Lipinski definition) is 1. The highest BCUT2D eigenvalue weighted by Gasteiger charge is 2.18. The van der Waals surface area contributed by atoms with E-state index in [1.165, 1.54) is 5.57 Å². The minimum atomic E-state index is 0.288. The summed E-state index contributed by atoms with van der Waals surface area (Å²) in [5.74, 6) is 0.749. The Bertz CT molecular complexity index is 208. The summed E-state index contributed by atoms with van der Waals surface area (Å²) < 4.78 is 0. The molecule has 13 heavy (non-hydrogen) atoms. The Hall–Kier alpha value is -0.790. The van der Waals surface area contributed by atoms with Crippen LogP contribution in [0.2, 0.25) is 0 Å². The lowest BCUT2D eigenvalue weighted by atomic mass is 10.0. The van der Waals surface area contributed by atoms with Crippen molar-refractivity contribution in [1.29, 1.82) is 0 Å². The molecule has 1 fully saturated rings. The molecule has 0 radical (unpaired) electrons. The molecule has 0 bridgehead atoms. The van der Waals surface area contributed by atoms with Crippen molar-refractivity contribution in [3.05, 3.63) is 12.2 Å². The second-order valence-electron chi connectivity index (χ2n) is 4.27. The molecule has 1 rings (SSSR count). The maximum atomic E-state index is 11.6. The highest BCUT2D eigenvalue weighted by Crippen LogP contribution is 2.15. The molecule has 74 valence electrons. The Balaban J connectivity index is 2.41. The zero-order chi connectivity index (χ0) is 9.84. The molecule has 0 aromatic rings. The second kappa shape index (κ2) is 4.45. The molecule has 2 nitrogen and oxygen atoms in total. The normalized spacial score (nSPS) is 18.1. The number of likely N-dealkylation sites (tertiary alicyclic amines) is 1. The molecule has 0 N–H and O–H groups in total. The molecule has 0 spiro atoms. The van der Waals surface area contributed by atoms with Gasteiger partial charge in [0.2, 0.25) is 5.91 Å². The predicted octanol–water partition coefficient (Wildman–Crippen LogP) is 2.21. The molecule has 0 saturated carbocycles. The SMILES string of the molecule is C=C1CCCN(C(=O)CC(C)C)C1. The Morgan fingerprint density at radius 3 is 2.85 bits per heavy atom. The van der Waals surface area contributed by atoms with Crippen molar-refractivity contribution in [2.24, 2.45) is 5.92 Å². The van der Waals surface area contributed by atoms with Crippen LogP contribution in [0.25, 0.3) is 0 Å². The molecule has 0 aliphatic carbocycles. The number of carbonyl (C=O) groups is 1. The van der Waals surface area contributed by atoms with Crippen molar-refractivity contribution in [3.8, 4) is 0 Å². The van der Waals surface area contributed by atoms with Crippen molar-refractivity contribution >= 4 is 5.91 Å². The van der Waals surface area contributed by atoms with Crippen molar-refractivity contribution < 1.29 is 4.79 Å². The quantitative estimate of drug-likeness (QED) is 0.598. The van der Waals surface area contributed by atoms with Gasteiger partial charge < -0.3 is 4.90 Å². The standard InChI is InChI=1S/C11H19NO/c1-9(2)7-11(13)12-6-4-5-10(3)8-12/h9H,3-8H2,1-2H3. The minimum absolute atomic E-state index is 0.288. The molecular weight excluding hydrogens is 162 g/mol. The van der Waals surface area contributed by atoms with Crippen molar-refractivity contribution in [3.63, 3.8) is 0 Å². The Kier molecular flexibility index (Phi) is 3.52. The Morgan fingerprint density at radius 2 is 2.31 bits per heavy atom. The van der Waals surface area contributed by atoms with Gasteiger partial charge in [-0.2, -0.15) is 0 Å². The van der Waals surface area contributed by atoms with Gasteiger partial charge in [0, 0.05) is 19.5 Å². The lowest BCUT2D eigenvalue weighted by molar-refractivity contribution is -0.132. The molecule has 1 aliphatic heterocycles. The van der Waals surface area contributed by atoms with Gasteiger partial charge >= 0.3 is 0 Å². The first-order valence-corrected chi connectivity index (χ1v) is 5.04. The smallest absolute Gasteiger partial charge is 0.223 e. The average Bonchev–Trinajstić information content (AvgIpc) is 2.03. The van der Waals surface area contributed by atoms with Crippen LogP contribution >= 0.6 is 0 Å². The van der Waals surface area contributed by atoms with E-state index in [9.17, 15) is 4.79 Å². The molecule has 0 aromatic heterocycles. The highest BCUT2D eigenvalue weighted by molar-refractivity contribution is 5.76. The number of nitrogens with zero attached hydrogens (tertiary/aromatic N) is 1. The van der Waals surface area contributed by atoms with E-state index in [4.69, 9.17) is 0 Å². The van der Waals surface area contributed by atoms with Crippen LogP contribution in [0.15, 0.2) is 12.2 Å². The summed E-state index contributed by atoms with van der Waals surface area (Å²) in [6.45, 7) is 9.80. The first kappa shape index (κ1) is 10.3. The summed E-state index contributed by atoms with van der Waals surface area (Å²) in [5.41, 5.74) is 1.20. The van der Waals surface area contributed by atoms with Gasteiger partial charge in [-0.05, 0) is 18.8 Å². The number of amides is 1. The summed E-state index contributed by atoms with van der Waals surface area (Å²) in [6, 6.07) is 0. The van der Waals surface area contributed by atoms with Crippen LogP contribution in [0.5, 0.6) is 0 Å². The first-order chi connectivity index (χ1) is 6.09. The monoisotopic (exact) mass is 181 g/mol. The minimum Gasteiger partial charge on any atom is -0.339 e. The number of carbonyl (C=O) groups excluding carboxylic acids is 1. The van der Waals surface area contributed by atoms with Gasteiger partial charge in [-0.3, -0.25) is 4.79 Å². The van der Waals surface area contributed by atoms with Gasteiger partial charge in [0.25, 0.3) is 0 Å². The third kappa shape index (κ3) is 3.21. The lowest BCUT2D eigenvalue weighted by Crippen LogP contribution is -2.37. The van der Waals surface area contributed by atoms with Gasteiger partial charge in [0.05, 0.1) is 0 Å². The largest absolute Gasteiger partial charge is 0.339 e. The van der Waals surface area contributed by atoms with E-state index >= 15 is 0 Å². The molecule has 2 heteroatoms. The van der Waals surface area contributed by atoms with Gasteiger partial charge in [-0.25, -0.2) is 0 Å². The molecular formula is C11H19NO. The summed E-state index contributed by atoms with van der Waals surface area (Å²) in [7, 11) is 0. The summed E-state index contributed by atoms with van der Waals surface area (Å²) >= 11 is 0. The fraction of sp³-hybridized carbons (Fsp3) is 0.727. The molecule has 1 heterocycles. The Labute approximate surface area is 80.6 Å². The van der Waals surface area contributed by atoms with Crippen LogP contribution in [-0.4, -0.2) is 23.9 Å². The van der Waals surface area contributed by atoms with Crippen molar-refractivity contribution in [2.45, 2.75) is 33.1 Å². The molecule has 0 atom stereocenters. The van der Waals surface area contributed by atoms with E-state index in [-0.39, 0.29) is 5.91 Å². The lowest BCUT2D eigenvalue weighted by Gasteiger charge is -2.28. The average molecular weight is 181 g/mol. The molecule has 1 amide bonds. The van der Waals surface area contributed by atoms with E-state index < -0.39 is 0 Å². The van der Waals surface area contributed by atoms with Crippen LogP contribution in [0.3, 0.4) is 0 Å².